The first-order chi connectivity index (χ1) is 5.74. The summed E-state index contributed by atoms with van der Waals surface area (Å²) in [6.45, 7) is 0. The monoisotopic (exact) mass is 199 g/mol. The van der Waals surface area contributed by atoms with Crippen LogP contribution in [0.25, 0.3) is 0 Å². The highest BCUT2D eigenvalue weighted by atomic mass is 35.5. The molecule has 62 valence electrons. The zero-order valence-electron chi connectivity index (χ0n) is 6.24. The SMILES string of the molecule is N#CC1=CC(Cl)C2C=CC1C2Cl. The minimum absolute atomic E-state index is 0.0212. The lowest BCUT2D eigenvalue weighted by Gasteiger charge is -2.26. The molecule has 0 saturated carbocycles. The highest BCUT2D eigenvalue weighted by Crippen LogP contribution is 2.42. The standard InChI is InChI=1S/C9H7Cl2N/c10-8-3-5(4-12)6-1-2-7(8)9(6)11/h1-3,6-9H. The third-order valence-electron chi connectivity index (χ3n) is 2.45. The van der Waals surface area contributed by atoms with Gasteiger partial charge < -0.3 is 0 Å². The molecule has 0 amide bonds. The molecule has 3 heteroatoms. The maximum atomic E-state index is 8.78. The van der Waals surface area contributed by atoms with Gasteiger partial charge in [-0.2, -0.15) is 5.26 Å². The molecule has 0 aliphatic heterocycles. The average Bonchev–Trinajstić information content (AvgIpc) is 2.32. The molecule has 4 atom stereocenters. The van der Waals surface area contributed by atoms with Crippen LogP contribution in [-0.4, -0.2) is 10.8 Å². The molecule has 2 aliphatic carbocycles. The van der Waals surface area contributed by atoms with Gasteiger partial charge in [-0.3, -0.25) is 0 Å². The summed E-state index contributed by atoms with van der Waals surface area (Å²) in [5.41, 5.74) is 0.708. The number of fused-ring (bicyclic) bond motifs is 2. The number of hydrogen-bond donors (Lipinski definition) is 0. The molecule has 0 heterocycles. The third-order valence-corrected chi connectivity index (χ3v) is 3.43. The summed E-state index contributed by atoms with van der Waals surface area (Å²) in [7, 11) is 0. The molecule has 0 spiro atoms. The zero-order valence-corrected chi connectivity index (χ0v) is 7.76. The van der Waals surface area contributed by atoms with Crippen LogP contribution in [0.15, 0.2) is 23.8 Å². The second-order valence-corrected chi connectivity index (χ2v) is 4.12. The van der Waals surface area contributed by atoms with Crippen LogP contribution >= 0.6 is 23.2 Å². The summed E-state index contributed by atoms with van der Waals surface area (Å²) < 4.78 is 0. The lowest BCUT2D eigenvalue weighted by Crippen LogP contribution is -2.28. The number of nitriles is 1. The molecule has 0 aromatic carbocycles. The Labute approximate surface area is 81.3 Å². The second-order valence-electron chi connectivity index (χ2n) is 3.11. The van der Waals surface area contributed by atoms with E-state index in [4.69, 9.17) is 28.5 Å². The van der Waals surface area contributed by atoms with E-state index in [1.165, 1.54) is 0 Å². The lowest BCUT2D eigenvalue weighted by atomic mass is 9.87. The predicted molar refractivity (Wildman–Crippen MR) is 49.1 cm³/mol. The molecular weight excluding hydrogens is 193 g/mol. The van der Waals surface area contributed by atoms with Gasteiger partial charge in [-0.25, -0.2) is 0 Å². The van der Waals surface area contributed by atoms with Gasteiger partial charge >= 0.3 is 0 Å². The van der Waals surface area contributed by atoms with Crippen molar-refractivity contribution in [1.29, 1.82) is 5.26 Å². The van der Waals surface area contributed by atoms with Crippen LogP contribution in [0.3, 0.4) is 0 Å². The van der Waals surface area contributed by atoms with E-state index in [9.17, 15) is 0 Å². The molecule has 2 rings (SSSR count). The molecular formula is C9H7Cl2N. The van der Waals surface area contributed by atoms with Gasteiger partial charge in [-0.15, -0.1) is 23.2 Å². The van der Waals surface area contributed by atoms with Gasteiger partial charge in [0.25, 0.3) is 0 Å². The fourth-order valence-corrected chi connectivity index (χ4v) is 2.67. The van der Waals surface area contributed by atoms with Crippen molar-refractivity contribution in [3.05, 3.63) is 23.8 Å². The van der Waals surface area contributed by atoms with Crippen molar-refractivity contribution in [2.24, 2.45) is 11.8 Å². The Morgan fingerprint density at radius 1 is 1.33 bits per heavy atom. The van der Waals surface area contributed by atoms with Gasteiger partial charge in [-0.1, -0.05) is 18.2 Å². The molecule has 12 heavy (non-hydrogen) atoms. The second kappa shape index (κ2) is 2.80. The summed E-state index contributed by atoms with van der Waals surface area (Å²) in [5, 5.41) is 8.64. The van der Waals surface area contributed by atoms with Gasteiger partial charge in [0.15, 0.2) is 0 Å². The summed E-state index contributed by atoms with van der Waals surface area (Å²) in [6, 6.07) is 2.13. The van der Waals surface area contributed by atoms with Gasteiger partial charge in [0, 0.05) is 17.4 Å². The Kier molecular flexibility index (Phi) is 1.90. The minimum Gasteiger partial charge on any atom is -0.193 e. The Hall–Kier alpha value is -0.450. The molecule has 1 nitrogen and oxygen atoms in total. The molecule has 2 aliphatic rings. The summed E-state index contributed by atoms with van der Waals surface area (Å²) in [6.07, 6.45) is 5.82. The van der Waals surface area contributed by atoms with Crippen molar-refractivity contribution in [3.63, 3.8) is 0 Å². The van der Waals surface area contributed by atoms with Crippen LogP contribution < -0.4 is 0 Å². The molecule has 0 N–H and O–H groups in total. The number of halogens is 2. The molecule has 0 saturated heterocycles. The van der Waals surface area contributed by atoms with Crippen molar-refractivity contribution in [3.8, 4) is 6.07 Å². The maximum absolute atomic E-state index is 8.78. The van der Waals surface area contributed by atoms with Gasteiger partial charge in [0.2, 0.25) is 0 Å². The Morgan fingerprint density at radius 3 is 2.75 bits per heavy atom. The number of allylic oxidation sites excluding steroid dienone is 4. The van der Waals surface area contributed by atoms with Crippen molar-refractivity contribution in [2.75, 3.05) is 0 Å². The number of hydrogen-bond acceptors (Lipinski definition) is 1. The van der Waals surface area contributed by atoms with E-state index in [2.05, 4.69) is 6.07 Å². The fourth-order valence-electron chi connectivity index (χ4n) is 1.76. The van der Waals surface area contributed by atoms with E-state index in [-0.39, 0.29) is 22.6 Å². The van der Waals surface area contributed by atoms with E-state index >= 15 is 0 Å². The van der Waals surface area contributed by atoms with Crippen LogP contribution in [0.1, 0.15) is 0 Å². The fraction of sp³-hybridized carbons (Fsp3) is 0.444. The maximum Gasteiger partial charge on any atom is 0.0951 e. The van der Waals surface area contributed by atoms with E-state index < -0.39 is 0 Å². The predicted octanol–water partition coefficient (Wildman–Crippen LogP) is 2.47. The van der Waals surface area contributed by atoms with Gasteiger partial charge in [0.1, 0.15) is 0 Å². The summed E-state index contributed by atoms with van der Waals surface area (Å²) in [4.78, 5) is 0. The van der Waals surface area contributed by atoms with E-state index in [1.807, 2.05) is 18.2 Å². The molecule has 0 aromatic heterocycles. The Balaban J connectivity index is 2.41. The molecule has 0 aromatic rings. The van der Waals surface area contributed by atoms with E-state index in [1.54, 1.807) is 0 Å². The summed E-state index contributed by atoms with van der Waals surface area (Å²) in [5.74, 6) is 0.298. The third kappa shape index (κ3) is 0.990. The Morgan fingerprint density at radius 2 is 2.08 bits per heavy atom. The summed E-state index contributed by atoms with van der Waals surface area (Å²) >= 11 is 12.1. The van der Waals surface area contributed by atoms with E-state index in [0.29, 0.717) is 5.57 Å². The highest BCUT2D eigenvalue weighted by Gasteiger charge is 2.39. The molecule has 0 radical (unpaired) electrons. The van der Waals surface area contributed by atoms with Crippen molar-refractivity contribution in [1.82, 2.24) is 0 Å². The topological polar surface area (TPSA) is 23.8 Å². The zero-order chi connectivity index (χ0) is 8.72. The normalized spacial score (nSPS) is 43.9. The number of alkyl halides is 2. The molecule has 2 bridgehead atoms. The first kappa shape index (κ1) is 8.16. The van der Waals surface area contributed by atoms with Crippen molar-refractivity contribution < 1.29 is 0 Å². The van der Waals surface area contributed by atoms with Gasteiger partial charge in [-0.05, 0) is 0 Å². The van der Waals surface area contributed by atoms with Crippen molar-refractivity contribution in [2.45, 2.75) is 10.8 Å². The van der Waals surface area contributed by atoms with Crippen molar-refractivity contribution >= 4 is 23.2 Å². The molecule has 0 fully saturated rings. The van der Waals surface area contributed by atoms with Crippen LogP contribution in [0, 0.1) is 23.2 Å². The van der Waals surface area contributed by atoms with Crippen LogP contribution in [0.5, 0.6) is 0 Å². The smallest absolute Gasteiger partial charge is 0.0951 e. The minimum atomic E-state index is -0.114. The van der Waals surface area contributed by atoms with E-state index in [0.717, 1.165) is 0 Å². The van der Waals surface area contributed by atoms with Gasteiger partial charge in [0.05, 0.1) is 16.8 Å². The highest BCUT2D eigenvalue weighted by molar-refractivity contribution is 6.26. The number of rotatable bonds is 0. The van der Waals surface area contributed by atoms with Crippen LogP contribution in [-0.2, 0) is 0 Å². The molecule has 4 unspecified atom stereocenters. The quantitative estimate of drug-likeness (QED) is 0.435. The van der Waals surface area contributed by atoms with Crippen LogP contribution in [0.4, 0.5) is 0 Å². The average molecular weight is 200 g/mol. The lowest BCUT2D eigenvalue weighted by molar-refractivity contribution is 0.563. The number of nitrogens with zero attached hydrogens (tertiary/aromatic N) is 1. The largest absolute Gasteiger partial charge is 0.193 e. The first-order valence-electron chi connectivity index (χ1n) is 3.82. The Bertz CT molecular complexity index is 300. The first-order valence-corrected chi connectivity index (χ1v) is 4.69. The van der Waals surface area contributed by atoms with Crippen LogP contribution in [0.2, 0.25) is 0 Å².